The van der Waals surface area contributed by atoms with Crippen LogP contribution in [-0.2, 0) is 12.5 Å². The molecule has 0 amide bonds. The zero-order chi connectivity index (χ0) is 13.3. The Hall–Kier alpha value is -1.20. The molecular weight excluding hydrogens is 244 g/mol. The van der Waals surface area contributed by atoms with Gasteiger partial charge in [0, 0.05) is 36.3 Å². The highest BCUT2D eigenvalue weighted by Crippen LogP contribution is 2.29. The van der Waals surface area contributed by atoms with Gasteiger partial charge in [0.05, 0.1) is 11.6 Å². The van der Waals surface area contributed by atoms with Crippen LogP contribution in [0, 0.1) is 0 Å². The average molecular weight is 264 g/mol. The van der Waals surface area contributed by atoms with Crippen molar-refractivity contribution in [3.8, 4) is 0 Å². The first-order valence-electron chi connectivity index (χ1n) is 6.07. The number of thiazole rings is 1. The summed E-state index contributed by atoms with van der Waals surface area (Å²) >= 11 is 1.64. The van der Waals surface area contributed by atoms with Gasteiger partial charge in [-0.15, -0.1) is 11.3 Å². The van der Waals surface area contributed by atoms with E-state index in [0.717, 1.165) is 16.4 Å². The van der Waals surface area contributed by atoms with Gasteiger partial charge in [-0.05, 0) is 6.07 Å². The van der Waals surface area contributed by atoms with Gasteiger partial charge in [0.2, 0.25) is 0 Å². The maximum absolute atomic E-state index is 5.91. The second kappa shape index (κ2) is 4.82. The highest BCUT2D eigenvalue weighted by molar-refractivity contribution is 7.09. The van der Waals surface area contributed by atoms with E-state index < -0.39 is 0 Å². The summed E-state index contributed by atoms with van der Waals surface area (Å²) in [6, 6.07) is 2.15. The Bertz CT molecular complexity index is 508. The number of hydrogen-bond acceptors (Lipinski definition) is 4. The maximum Gasteiger partial charge on any atom is 0.103 e. The lowest BCUT2D eigenvalue weighted by atomic mass is 9.91. The summed E-state index contributed by atoms with van der Waals surface area (Å²) in [6.45, 7) is 7.05. The number of hydrogen-bond donors (Lipinski definition) is 1. The van der Waals surface area contributed by atoms with E-state index in [9.17, 15) is 0 Å². The molecule has 4 nitrogen and oxygen atoms in total. The van der Waals surface area contributed by atoms with Gasteiger partial charge in [-0.2, -0.15) is 5.10 Å². The Morgan fingerprint density at radius 3 is 2.61 bits per heavy atom. The average Bonchev–Trinajstić information content (AvgIpc) is 2.89. The van der Waals surface area contributed by atoms with Gasteiger partial charge in [0.1, 0.15) is 5.01 Å². The van der Waals surface area contributed by atoms with Crippen LogP contribution in [0.2, 0.25) is 0 Å². The van der Waals surface area contributed by atoms with Crippen molar-refractivity contribution in [2.75, 3.05) is 6.54 Å². The van der Waals surface area contributed by atoms with Crippen LogP contribution in [0.25, 0.3) is 0 Å². The van der Waals surface area contributed by atoms with E-state index in [4.69, 9.17) is 5.73 Å². The van der Waals surface area contributed by atoms with Crippen molar-refractivity contribution in [3.05, 3.63) is 34.0 Å². The van der Waals surface area contributed by atoms with E-state index in [1.54, 1.807) is 11.3 Å². The smallest absolute Gasteiger partial charge is 0.103 e. The standard InChI is InChI=1S/C13H20N4S/c1-13(2,3)11-7-10(17(4)16-11)9(8-14)12-15-5-6-18-12/h5-7,9H,8,14H2,1-4H3. The zero-order valence-electron chi connectivity index (χ0n) is 11.3. The van der Waals surface area contributed by atoms with E-state index in [2.05, 4.69) is 36.9 Å². The number of nitrogens with two attached hydrogens (primary N) is 1. The maximum atomic E-state index is 5.91. The molecule has 0 spiro atoms. The summed E-state index contributed by atoms with van der Waals surface area (Å²) in [5.74, 6) is 0.138. The second-order valence-corrected chi connectivity index (χ2v) is 6.41. The van der Waals surface area contributed by atoms with E-state index in [-0.39, 0.29) is 11.3 Å². The number of aryl methyl sites for hydroxylation is 1. The van der Waals surface area contributed by atoms with Crippen molar-refractivity contribution in [1.29, 1.82) is 0 Å². The van der Waals surface area contributed by atoms with Crippen molar-refractivity contribution >= 4 is 11.3 Å². The predicted octanol–water partition coefficient (Wildman–Crippen LogP) is 2.26. The monoisotopic (exact) mass is 264 g/mol. The van der Waals surface area contributed by atoms with E-state index >= 15 is 0 Å². The molecule has 0 saturated carbocycles. The summed E-state index contributed by atoms with van der Waals surface area (Å²) in [5.41, 5.74) is 8.19. The first-order valence-corrected chi connectivity index (χ1v) is 6.95. The van der Waals surface area contributed by atoms with Gasteiger partial charge in [0.25, 0.3) is 0 Å². The molecule has 0 saturated heterocycles. The molecule has 2 N–H and O–H groups in total. The summed E-state index contributed by atoms with van der Waals surface area (Å²) < 4.78 is 1.93. The first-order chi connectivity index (χ1) is 8.43. The fourth-order valence-corrected chi connectivity index (χ4v) is 2.69. The molecule has 2 aromatic rings. The first kappa shape index (κ1) is 13.2. The molecule has 2 aromatic heterocycles. The molecule has 2 heterocycles. The molecule has 18 heavy (non-hydrogen) atoms. The van der Waals surface area contributed by atoms with Gasteiger partial charge in [-0.3, -0.25) is 4.68 Å². The van der Waals surface area contributed by atoms with Gasteiger partial charge in [-0.1, -0.05) is 20.8 Å². The van der Waals surface area contributed by atoms with Gasteiger partial charge < -0.3 is 5.73 Å². The molecule has 1 atom stereocenters. The topological polar surface area (TPSA) is 56.7 Å². The van der Waals surface area contributed by atoms with Crippen LogP contribution >= 0.6 is 11.3 Å². The number of aromatic nitrogens is 3. The molecular formula is C13H20N4S. The minimum Gasteiger partial charge on any atom is -0.329 e. The highest BCUT2D eigenvalue weighted by Gasteiger charge is 2.24. The molecule has 0 aliphatic rings. The third kappa shape index (κ3) is 2.47. The van der Waals surface area contributed by atoms with Crippen LogP contribution in [0.5, 0.6) is 0 Å². The van der Waals surface area contributed by atoms with Crippen LogP contribution in [0.15, 0.2) is 17.6 Å². The van der Waals surface area contributed by atoms with Crippen LogP contribution in [0.1, 0.15) is 43.1 Å². The molecule has 0 aromatic carbocycles. The molecule has 0 aliphatic carbocycles. The fourth-order valence-electron chi connectivity index (χ4n) is 1.93. The summed E-state index contributed by atoms with van der Waals surface area (Å²) in [5, 5.41) is 7.64. The molecule has 0 radical (unpaired) electrons. The molecule has 1 unspecified atom stereocenters. The van der Waals surface area contributed by atoms with Crippen molar-refractivity contribution in [3.63, 3.8) is 0 Å². The normalized spacial score (nSPS) is 13.8. The van der Waals surface area contributed by atoms with Crippen LogP contribution in [-0.4, -0.2) is 21.3 Å². The Kier molecular flexibility index (Phi) is 3.54. The molecule has 98 valence electrons. The molecule has 0 aliphatic heterocycles. The van der Waals surface area contributed by atoms with E-state index in [1.807, 2.05) is 23.3 Å². The van der Waals surface area contributed by atoms with Gasteiger partial charge in [-0.25, -0.2) is 4.98 Å². The summed E-state index contributed by atoms with van der Waals surface area (Å²) in [7, 11) is 1.97. The van der Waals surface area contributed by atoms with E-state index in [1.165, 1.54) is 0 Å². The zero-order valence-corrected chi connectivity index (χ0v) is 12.2. The lowest BCUT2D eigenvalue weighted by molar-refractivity contribution is 0.550. The van der Waals surface area contributed by atoms with Gasteiger partial charge in [0.15, 0.2) is 0 Å². The summed E-state index contributed by atoms with van der Waals surface area (Å²) in [4.78, 5) is 4.37. The number of nitrogens with zero attached hydrogens (tertiary/aromatic N) is 3. The minimum absolute atomic E-state index is 0.0536. The SMILES string of the molecule is Cn1nc(C(C)(C)C)cc1C(CN)c1nccs1. The molecule has 0 bridgehead atoms. The Morgan fingerprint density at radius 2 is 2.17 bits per heavy atom. The van der Waals surface area contributed by atoms with Crippen molar-refractivity contribution in [1.82, 2.24) is 14.8 Å². The Labute approximate surface area is 112 Å². The second-order valence-electron chi connectivity index (χ2n) is 5.49. The van der Waals surface area contributed by atoms with Crippen LogP contribution < -0.4 is 5.73 Å². The van der Waals surface area contributed by atoms with Crippen molar-refractivity contribution in [2.24, 2.45) is 12.8 Å². The Balaban J connectivity index is 2.41. The third-order valence-corrected chi connectivity index (χ3v) is 3.92. The Morgan fingerprint density at radius 1 is 1.44 bits per heavy atom. The highest BCUT2D eigenvalue weighted by atomic mass is 32.1. The van der Waals surface area contributed by atoms with E-state index in [0.29, 0.717) is 6.54 Å². The van der Waals surface area contributed by atoms with Crippen LogP contribution in [0.4, 0.5) is 0 Å². The molecule has 0 fully saturated rings. The minimum atomic E-state index is 0.0536. The van der Waals surface area contributed by atoms with Gasteiger partial charge >= 0.3 is 0 Å². The lowest BCUT2D eigenvalue weighted by Crippen LogP contribution is -2.16. The number of rotatable bonds is 3. The van der Waals surface area contributed by atoms with Crippen molar-refractivity contribution < 1.29 is 0 Å². The lowest BCUT2D eigenvalue weighted by Gasteiger charge is -2.14. The van der Waals surface area contributed by atoms with Crippen molar-refractivity contribution in [2.45, 2.75) is 32.1 Å². The summed E-state index contributed by atoms with van der Waals surface area (Å²) in [6.07, 6.45) is 1.82. The van der Waals surface area contributed by atoms with Crippen LogP contribution in [0.3, 0.4) is 0 Å². The molecule has 5 heteroatoms. The largest absolute Gasteiger partial charge is 0.329 e. The third-order valence-electron chi connectivity index (χ3n) is 3.03. The quantitative estimate of drug-likeness (QED) is 0.925. The fraction of sp³-hybridized carbons (Fsp3) is 0.538. The predicted molar refractivity (Wildman–Crippen MR) is 74.9 cm³/mol. The molecule has 2 rings (SSSR count).